The Balaban J connectivity index is 1.54. The highest BCUT2D eigenvalue weighted by Gasteiger charge is 2.27. The number of benzene rings is 3. The lowest BCUT2D eigenvalue weighted by Crippen LogP contribution is -2.42. The Bertz CT molecular complexity index is 1090. The Morgan fingerprint density at radius 3 is 2.69 bits per heavy atom. The maximum absolute atomic E-state index is 13.2. The molecule has 1 N–H and O–H groups in total. The van der Waals surface area contributed by atoms with Crippen molar-refractivity contribution in [1.82, 2.24) is 0 Å². The Labute approximate surface area is 174 Å². The summed E-state index contributed by atoms with van der Waals surface area (Å²) in [6.07, 6.45) is 0. The molecule has 0 fully saturated rings. The van der Waals surface area contributed by atoms with Gasteiger partial charge in [-0.3, -0.25) is 14.5 Å². The molecule has 0 aliphatic carbocycles. The highest BCUT2D eigenvalue weighted by Crippen LogP contribution is 2.31. The van der Waals surface area contributed by atoms with Crippen molar-refractivity contribution in [3.63, 3.8) is 0 Å². The standard InChI is InChI=1S/C24H22N2O2S/c1-16-10-11-22(17(2)12-16)29-15-18-6-5-7-19(13-18)24(28)26-14-23(27)25-20-8-3-4-9-21(20)26/h3-13H,14-15H2,1-2H3,(H,25,27). The zero-order chi connectivity index (χ0) is 20.4. The van der Waals surface area contributed by atoms with Crippen molar-refractivity contribution < 1.29 is 9.59 Å². The van der Waals surface area contributed by atoms with Crippen LogP contribution in [0.3, 0.4) is 0 Å². The maximum Gasteiger partial charge on any atom is 0.258 e. The fraction of sp³-hybridized carbons (Fsp3) is 0.167. The molecule has 3 aromatic carbocycles. The molecule has 146 valence electrons. The van der Waals surface area contributed by atoms with Crippen LogP contribution in [0.2, 0.25) is 0 Å². The van der Waals surface area contributed by atoms with Gasteiger partial charge in [0.1, 0.15) is 6.54 Å². The van der Waals surface area contributed by atoms with E-state index in [9.17, 15) is 9.59 Å². The summed E-state index contributed by atoms with van der Waals surface area (Å²) < 4.78 is 0. The quantitative estimate of drug-likeness (QED) is 0.611. The molecule has 0 unspecified atom stereocenters. The summed E-state index contributed by atoms with van der Waals surface area (Å²) in [6.45, 7) is 4.24. The highest BCUT2D eigenvalue weighted by atomic mass is 32.2. The van der Waals surface area contributed by atoms with E-state index in [2.05, 4.69) is 37.4 Å². The summed E-state index contributed by atoms with van der Waals surface area (Å²) in [5.41, 5.74) is 5.58. The molecule has 0 spiro atoms. The first-order valence-corrected chi connectivity index (χ1v) is 10.5. The summed E-state index contributed by atoms with van der Waals surface area (Å²) in [5, 5.41) is 2.82. The van der Waals surface area contributed by atoms with Crippen molar-refractivity contribution in [2.24, 2.45) is 0 Å². The van der Waals surface area contributed by atoms with E-state index in [1.54, 1.807) is 16.7 Å². The van der Waals surface area contributed by atoms with Gasteiger partial charge in [0.15, 0.2) is 0 Å². The minimum absolute atomic E-state index is 0.0252. The van der Waals surface area contributed by atoms with Gasteiger partial charge in [0, 0.05) is 16.2 Å². The Morgan fingerprint density at radius 2 is 1.86 bits per heavy atom. The molecule has 4 nitrogen and oxygen atoms in total. The number of para-hydroxylation sites is 2. The molecule has 1 aliphatic rings. The minimum atomic E-state index is -0.182. The number of carbonyl (C=O) groups excluding carboxylic acids is 2. The molecule has 2 amide bonds. The smallest absolute Gasteiger partial charge is 0.258 e. The number of hydrogen-bond donors (Lipinski definition) is 1. The lowest BCUT2D eigenvalue weighted by molar-refractivity contribution is -0.115. The average Bonchev–Trinajstić information content (AvgIpc) is 2.72. The predicted octanol–water partition coefficient (Wildman–Crippen LogP) is 5.19. The van der Waals surface area contributed by atoms with Crippen LogP contribution in [-0.4, -0.2) is 18.4 Å². The summed E-state index contributed by atoms with van der Waals surface area (Å²) in [5.74, 6) is 0.437. The number of nitrogens with zero attached hydrogens (tertiary/aromatic N) is 1. The number of aryl methyl sites for hydroxylation is 2. The van der Waals surface area contributed by atoms with Crippen LogP contribution in [0, 0.1) is 13.8 Å². The highest BCUT2D eigenvalue weighted by molar-refractivity contribution is 7.98. The molecule has 29 heavy (non-hydrogen) atoms. The maximum atomic E-state index is 13.2. The third-order valence-corrected chi connectivity index (χ3v) is 6.16. The number of carbonyl (C=O) groups is 2. The van der Waals surface area contributed by atoms with Crippen molar-refractivity contribution in [1.29, 1.82) is 0 Å². The van der Waals surface area contributed by atoms with Crippen molar-refractivity contribution in [3.05, 3.63) is 89.0 Å². The molecule has 0 aromatic heterocycles. The average molecular weight is 403 g/mol. The van der Waals surface area contributed by atoms with Gasteiger partial charge in [0.2, 0.25) is 5.91 Å². The van der Waals surface area contributed by atoms with Gasteiger partial charge in [-0.25, -0.2) is 0 Å². The lowest BCUT2D eigenvalue weighted by Gasteiger charge is -2.29. The van der Waals surface area contributed by atoms with Crippen LogP contribution in [0.15, 0.2) is 71.6 Å². The molecule has 0 saturated carbocycles. The fourth-order valence-electron chi connectivity index (χ4n) is 3.49. The van der Waals surface area contributed by atoms with E-state index in [4.69, 9.17) is 0 Å². The van der Waals surface area contributed by atoms with Crippen LogP contribution in [0.1, 0.15) is 27.0 Å². The van der Waals surface area contributed by atoms with E-state index >= 15 is 0 Å². The topological polar surface area (TPSA) is 49.4 Å². The van der Waals surface area contributed by atoms with Gasteiger partial charge in [0.05, 0.1) is 11.4 Å². The molecule has 1 aliphatic heterocycles. The van der Waals surface area contributed by atoms with Gasteiger partial charge in [-0.15, -0.1) is 11.8 Å². The van der Waals surface area contributed by atoms with E-state index in [0.717, 1.165) is 17.0 Å². The van der Waals surface area contributed by atoms with E-state index in [1.165, 1.54) is 16.0 Å². The van der Waals surface area contributed by atoms with E-state index in [1.807, 2.05) is 48.5 Å². The van der Waals surface area contributed by atoms with Crippen LogP contribution in [0.25, 0.3) is 0 Å². The summed E-state index contributed by atoms with van der Waals surface area (Å²) in [6, 6.07) is 21.5. The molecule has 0 bridgehead atoms. The fourth-order valence-corrected chi connectivity index (χ4v) is 4.44. The summed E-state index contributed by atoms with van der Waals surface area (Å²) in [4.78, 5) is 28.0. The van der Waals surface area contributed by atoms with Gasteiger partial charge in [-0.1, -0.05) is 42.0 Å². The third kappa shape index (κ3) is 4.20. The molecule has 0 atom stereocenters. The van der Waals surface area contributed by atoms with Gasteiger partial charge < -0.3 is 5.32 Å². The number of anilines is 2. The number of rotatable bonds is 4. The molecular weight excluding hydrogens is 380 g/mol. The normalized spacial score (nSPS) is 13.0. The second-order valence-corrected chi connectivity index (χ2v) is 8.23. The molecule has 3 aromatic rings. The Morgan fingerprint density at radius 1 is 1.03 bits per heavy atom. The first kappa shape index (κ1) is 19.3. The zero-order valence-electron chi connectivity index (χ0n) is 16.4. The van der Waals surface area contributed by atoms with Crippen molar-refractivity contribution >= 4 is 35.0 Å². The monoisotopic (exact) mass is 402 g/mol. The first-order chi connectivity index (χ1) is 14.0. The van der Waals surface area contributed by atoms with E-state index < -0.39 is 0 Å². The van der Waals surface area contributed by atoms with Crippen LogP contribution in [0.5, 0.6) is 0 Å². The molecule has 5 heteroatoms. The zero-order valence-corrected chi connectivity index (χ0v) is 17.3. The van der Waals surface area contributed by atoms with Crippen molar-refractivity contribution in [3.8, 4) is 0 Å². The molecule has 4 rings (SSSR count). The SMILES string of the molecule is Cc1ccc(SCc2cccc(C(=O)N3CC(=O)Nc4ccccc43)c2)c(C)c1. The molecule has 1 heterocycles. The number of thioether (sulfide) groups is 1. The van der Waals surface area contributed by atoms with Gasteiger partial charge in [-0.2, -0.15) is 0 Å². The molecule has 0 saturated heterocycles. The number of hydrogen-bond acceptors (Lipinski definition) is 3. The van der Waals surface area contributed by atoms with E-state index in [-0.39, 0.29) is 18.4 Å². The van der Waals surface area contributed by atoms with Crippen LogP contribution in [0.4, 0.5) is 11.4 Å². The summed E-state index contributed by atoms with van der Waals surface area (Å²) in [7, 11) is 0. The number of fused-ring (bicyclic) bond motifs is 1. The molecule has 0 radical (unpaired) electrons. The van der Waals surface area contributed by atoms with Crippen molar-refractivity contribution in [2.75, 3.05) is 16.8 Å². The lowest BCUT2D eigenvalue weighted by atomic mass is 10.1. The number of amides is 2. The van der Waals surface area contributed by atoms with Gasteiger partial charge in [-0.05, 0) is 55.3 Å². The first-order valence-electron chi connectivity index (χ1n) is 9.51. The predicted molar refractivity (Wildman–Crippen MR) is 119 cm³/mol. The van der Waals surface area contributed by atoms with Gasteiger partial charge >= 0.3 is 0 Å². The Kier molecular flexibility index (Phi) is 5.41. The largest absolute Gasteiger partial charge is 0.323 e. The van der Waals surface area contributed by atoms with Crippen molar-refractivity contribution in [2.45, 2.75) is 24.5 Å². The van der Waals surface area contributed by atoms with Crippen LogP contribution < -0.4 is 10.2 Å². The Hall–Kier alpha value is -3.05. The van der Waals surface area contributed by atoms with Crippen LogP contribution >= 0.6 is 11.8 Å². The molecular formula is C24H22N2O2S. The minimum Gasteiger partial charge on any atom is -0.323 e. The van der Waals surface area contributed by atoms with Crippen LogP contribution in [-0.2, 0) is 10.5 Å². The second kappa shape index (κ2) is 8.13. The number of nitrogens with one attached hydrogen (secondary N) is 1. The summed E-state index contributed by atoms with van der Waals surface area (Å²) >= 11 is 1.76. The van der Waals surface area contributed by atoms with E-state index in [0.29, 0.717) is 11.3 Å². The van der Waals surface area contributed by atoms with Gasteiger partial charge in [0.25, 0.3) is 5.91 Å². The third-order valence-electron chi connectivity index (χ3n) is 4.91. The second-order valence-electron chi connectivity index (χ2n) is 7.21.